The average molecular weight is 389 g/mol. The van der Waals surface area contributed by atoms with Gasteiger partial charge >= 0.3 is 0 Å². The van der Waals surface area contributed by atoms with E-state index in [1.807, 2.05) is 47.4 Å². The van der Waals surface area contributed by atoms with Crippen LogP contribution in [-0.2, 0) is 11.2 Å². The topological polar surface area (TPSA) is 82.2 Å². The number of carbonyl (C=O) groups is 2. The lowest BCUT2D eigenvalue weighted by molar-refractivity contribution is -0.132. The fourth-order valence-corrected chi connectivity index (χ4v) is 3.48. The first-order valence-corrected chi connectivity index (χ1v) is 9.77. The molecule has 1 N–H and O–H groups in total. The number of carbonyl (C=O) groups excluding carboxylic acids is 2. The number of benzene rings is 1. The van der Waals surface area contributed by atoms with E-state index in [0.717, 1.165) is 12.0 Å². The van der Waals surface area contributed by atoms with Gasteiger partial charge in [0, 0.05) is 50.6 Å². The van der Waals surface area contributed by atoms with Crippen molar-refractivity contribution in [2.45, 2.75) is 12.8 Å². The Morgan fingerprint density at radius 2 is 1.72 bits per heavy atom. The molecule has 29 heavy (non-hydrogen) atoms. The molecule has 0 aliphatic carbocycles. The Morgan fingerprint density at radius 1 is 0.966 bits per heavy atom. The molecule has 1 aromatic carbocycles. The van der Waals surface area contributed by atoms with Crippen LogP contribution in [0, 0.1) is 0 Å². The van der Waals surface area contributed by atoms with Gasteiger partial charge in [0.15, 0.2) is 0 Å². The van der Waals surface area contributed by atoms with E-state index < -0.39 is 0 Å². The summed E-state index contributed by atoms with van der Waals surface area (Å²) in [5.74, 6) is 0.0466. The van der Waals surface area contributed by atoms with Crippen molar-refractivity contribution in [3.05, 3.63) is 72.2 Å². The van der Waals surface area contributed by atoms with Gasteiger partial charge in [-0.1, -0.05) is 30.3 Å². The number of piperazine rings is 1. The summed E-state index contributed by atoms with van der Waals surface area (Å²) in [5.41, 5.74) is 3.17. The van der Waals surface area contributed by atoms with Gasteiger partial charge < -0.3 is 9.80 Å². The minimum Gasteiger partial charge on any atom is -0.339 e. The lowest BCUT2D eigenvalue weighted by atomic mass is 10.1. The molecule has 0 bridgehead atoms. The van der Waals surface area contributed by atoms with Crippen LogP contribution in [0.1, 0.15) is 22.5 Å². The van der Waals surface area contributed by atoms with Crippen molar-refractivity contribution in [1.29, 1.82) is 0 Å². The predicted molar refractivity (Wildman–Crippen MR) is 109 cm³/mol. The number of aromatic nitrogens is 3. The van der Waals surface area contributed by atoms with Crippen LogP contribution in [0.3, 0.4) is 0 Å². The first-order valence-electron chi connectivity index (χ1n) is 9.77. The van der Waals surface area contributed by atoms with Crippen LogP contribution in [0.15, 0.2) is 60.9 Å². The van der Waals surface area contributed by atoms with Crippen LogP contribution in [0.2, 0.25) is 0 Å². The Kier molecular flexibility index (Phi) is 5.65. The molecule has 2 amide bonds. The SMILES string of the molecule is O=C(CCc1ccccc1)N1CCN(C(=O)c2cc(-c3cccnc3)n[nH]2)CC1. The fourth-order valence-electron chi connectivity index (χ4n) is 3.48. The molecule has 0 unspecified atom stereocenters. The minimum atomic E-state index is -0.0935. The number of pyridine rings is 1. The summed E-state index contributed by atoms with van der Waals surface area (Å²) in [6.45, 7) is 2.17. The Morgan fingerprint density at radius 3 is 2.45 bits per heavy atom. The van der Waals surface area contributed by atoms with E-state index in [1.54, 1.807) is 23.4 Å². The van der Waals surface area contributed by atoms with Crippen LogP contribution >= 0.6 is 0 Å². The maximum atomic E-state index is 12.8. The summed E-state index contributed by atoms with van der Waals surface area (Å²) in [4.78, 5) is 32.9. The Labute approximate surface area is 169 Å². The van der Waals surface area contributed by atoms with E-state index in [1.165, 1.54) is 5.56 Å². The van der Waals surface area contributed by atoms with Crippen molar-refractivity contribution in [1.82, 2.24) is 25.0 Å². The monoisotopic (exact) mass is 389 g/mol. The highest BCUT2D eigenvalue weighted by molar-refractivity contribution is 5.93. The van der Waals surface area contributed by atoms with Gasteiger partial charge in [-0.05, 0) is 30.2 Å². The average Bonchev–Trinajstić information content (AvgIpc) is 3.29. The summed E-state index contributed by atoms with van der Waals surface area (Å²) >= 11 is 0. The second kappa shape index (κ2) is 8.68. The summed E-state index contributed by atoms with van der Waals surface area (Å²) in [6.07, 6.45) is 4.64. The molecule has 7 nitrogen and oxygen atoms in total. The second-order valence-electron chi connectivity index (χ2n) is 7.07. The third-order valence-corrected chi connectivity index (χ3v) is 5.16. The molecule has 2 aromatic heterocycles. The molecule has 1 aliphatic rings. The van der Waals surface area contributed by atoms with Crippen LogP contribution in [0.25, 0.3) is 11.3 Å². The summed E-state index contributed by atoms with van der Waals surface area (Å²) in [5, 5.41) is 7.05. The minimum absolute atomic E-state index is 0.0935. The Bertz CT molecular complexity index is 963. The van der Waals surface area contributed by atoms with Crippen LogP contribution in [0.5, 0.6) is 0 Å². The molecule has 0 atom stereocenters. The normalized spacial score (nSPS) is 14.1. The lowest BCUT2D eigenvalue weighted by Gasteiger charge is -2.34. The molecule has 3 heterocycles. The fraction of sp³-hybridized carbons (Fsp3) is 0.273. The maximum Gasteiger partial charge on any atom is 0.272 e. The Hall–Kier alpha value is -3.48. The molecule has 0 radical (unpaired) electrons. The van der Waals surface area contributed by atoms with Gasteiger partial charge in [-0.2, -0.15) is 5.10 Å². The highest BCUT2D eigenvalue weighted by Gasteiger charge is 2.25. The van der Waals surface area contributed by atoms with E-state index in [2.05, 4.69) is 15.2 Å². The maximum absolute atomic E-state index is 12.8. The first-order chi connectivity index (χ1) is 14.2. The van der Waals surface area contributed by atoms with Crippen molar-refractivity contribution in [3.8, 4) is 11.3 Å². The van der Waals surface area contributed by atoms with E-state index >= 15 is 0 Å². The van der Waals surface area contributed by atoms with E-state index in [9.17, 15) is 9.59 Å². The molecule has 148 valence electrons. The molecule has 0 saturated carbocycles. The molecular weight excluding hydrogens is 366 g/mol. The third kappa shape index (κ3) is 4.51. The number of amides is 2. The smallest absolute Gasteiger partial charge is 0.272 e. The highest BCUT2D eigenvalue weighted by Crippen LogP contribution is 2.17. The molecule has 0 spiro atoms. The van der Waals surface area contributed by atoms with Gasteiger partial charge in [-0.15, -0.1) is 0 Å². The van der Waals surface area contributed by atoms with E-state index in [-0.39, 0.29) is 11.8 Å². The van der Waals surface area contributed by atoms with Gasteiger partial charge in [0.05, 0.1) is 5.69 Å². The zero-order chi connectivity index (χ0) is 20.1. The largest absolute Gasteiger partial charge is 0.339 e. The second-order valence-corrected chi connectivity index (χ2v) is 7.07. The summed E-state index contributed by atoms with van der Waals surface area (Å²) in [6, 6.07) is 15.5. The number of nitrogens with zero attached hydrogens (tertiary/aromatic N) is 4. The number of hydrogen-bond donors (Lipinski definition) is 1. The van der Waals surface area contributed by atoms with Gasteiger partial charge in [0.1, 0.15) is 5.69 Å². The molecule has 1 aliphatic heterocycles. The molecule has 1 fully saturated rings. The molecular formula is C22H23N5O2. The standard InChI is InChI=1S/C22H23N5O2/c28-21(9-8-17-5-2-1-3-6-17)26-11-13-27(14-12-26)22(29)20-15-19(24-25-20)18-7-4-10-23-16-18/h1-7,10,15-16H,8-9,11-14H2,(H,24,25). The van der Waals surface area contributed by atoms with Gasteiger partial charge in [-0.25, -0.2) is 0 Å². The molecule has 3 aromatic rings. The predicted octanol–water partition coefficient (Wildman–Crippen LogP) is 2.39. The summed E-state index contributed by atoms with van der Waals surface area (Å²) in [7, 11) is 0. The highest BCUT2D eigenvalue weighted by atomic mass is 16.2. The van der Waals surface area contributed by atoms with Crippen LogP contribution < -0.4 is 0 Å². The van der Waals surface area contributed by atoms with Crippen molar-refractivity contribution in [3.63, 3.8) is 0 Å². The quantitative estimate of drug-likeness (QED) is 0.726. The van der Waals surface area contributed by atoms with Crippen molar-refractivity contribution in [2.75, 3.05) is 26.2 Å². The first kappa shape index (κ1) is 18.9. The molecule has 1 saturated heterocycles. The number of H-pyrrole nitrogens is 1. The van der Waals surface area contributed by atoms with Crippen molar-refractivity contribution >= 4 is 11.8 Å². The van der Waals surface area contributed by atoms with Crippen LogP contribution in [0.4, 0.5) is 0 Å². The van der Waals surface area contributed by atoms with Gasteiger partial charge in [0.2, 0.25) is 5.91 Å². The van der Waals surface area contributed by atoms with E-state index in [0.29, 0.717) is 44.0 Å². The number of aryl methyl sites for hydroxylation is 1. The zero-order valence-electron chi connectivity index (χ0n) is 16.1. The van der Waals surface area contributed by atoms with Gasteiger partial charge in [0.25, 0.3) is 5.91 Å². The number of rotatable bonds is 5. The van der Waals surface area contributed by atoms with Crippen molar-refractivity contribution in [2.24, 2.45) is 0 Å². The number of aromatic amines is 1. The zero-order valence-corrected chi connectivity index (χ0v) is 16.1. The van der Waals surface area contributed by atoms with Gasteiger partial charge in [-0.3, -0.25) is 19.7 Å². The van der Waals surface area contributed by atoms with E-state index in [4.69, 9.17) is 0 Å². The molecule has 7 heteroatoms. The van der Waals surface area contributed by atoms with Crippen LogP contribution in [-0.4, -0.2) is 63.0 Å². The third-order valence-electron chi connectivity index (χ3n) is 5.16. The summed E-state index contributed by atoms with van der Waals surface area (Å²) < 4.78 is 0. The van der Waals surface area contributed by atoms with Crippen molar-refractivity contribution < 1.29 is 9.59 Å². The molecule has 4 rings (SSSR count). The lowest BCUT2D eigenvalue weighted by Crippen LogP contribution is -2.50. The number of nitrogens with one attached hydrogen (secondary N) is 1. The Balaban J connectivity index is 1.29. The number of hydrogen-bond acceptors (Lipinski definition) is 4.